The molecule has 0 bridgehead atoms. The summed E-state index contributed by atoms with van der Waals surface area (Å²) in [5.41, 5.74) is 4.76. The minimum atomic E-state index is -0.975. The average molecular weight is 362 g/mol. The second-order valence-electron chi connectivity index (χ2n) is 4.55. The van der Waals surface area contributed by atoms with Gasteiger partial charge in [-0.25, -0.2) is 0 Å². The van der Waals surface area contributed by atoms with Gasteiger partial charge in [-0.1, -0.05) is 5.16 Å². The fourth-order valence-corrected chi connectivity index (χ4v) is 3.63. The number of nitrogens with zero attached hydrogens (tertiary/aromatic N) is 1. The van der Waals surface area contributed by atoms with Crippen LogP contribution >= 0.6 is 27.3 Å². The first kappa shape index (κ1) is 15.3. The third kappa shape index (κ3) is 2.97. The van der Waals surface area contributed by atoms with Crippen molar-refractivity contribution in [3.05, 3.63) is 20.8 Å². The molecule has 4 N–H and O–H groups in total. The Morgan fingerprint density at radius 1 is 1.60 bits per heavy atom. The van der Waals surface area contributed by atoms with Gasteiger partial charge in [-0.15, -0.1) is 11.3 Å². The number of carbonyl (C=O) groups is 1. The lowest BCUT2D eigenvalue weighted by Crippen LogP contribution is -2.52. The summed E-state index contributed by atoms with van der Waals surface area (Å²) < 4.78 is 6.23. The van der Waals surface area contributed by atoms with Crippen LogP contribution < -0.4 is 11.1 Å². The van der Waals surface area contributed by atoms with E-state index in [0.29, 0.717) is 32.6 Å². The summed E-state index contributed by atoms with van der Waals surface area (Å²) in [5.74, 6) is -0.278. The lowest BCUT2D eigenvalue weighted by Gasteiger charge is -2.34. The number of oxime groups is 1. The molecule has 6 nitrogen and oxygen atoms in total. The molecule has 0 spiro atoms. The molecule has 2 rings (SSSR count). The van der Waals surface area contributed by atoms with Crippen LogP contribution in [0.1, 0.15) is 17.7 Å². The van der Waals surface area contributed by atoms with E-state index in [2.05, 4.69) is 26.4 Å². The predicted molar refractivity (Wildman–Crippen MR) is 79.8 cm³/mol. The summed E-state index contributed by atoms with van der Waals surface area (Å²) in [6.07, 6.45) is 0.834. The molecule has 0 aliphatic carbocycles. The lowest BCUT2D eigenvalue weighted by molar-refractivity contribution is -0.131. The molecule has 0 saturated carbocycles. The van der Waals surface area contributed by atoms with Crippen molar-refractivity contribution in [3.8, 4) is 0 Å². The number of amides is 1. The third-order valence-electron chi connectivity index (χ3n) is 3.48. The van der Waals surface area contributed by atoms with E-state index in [1.807, 2.05) is 11.4 Å². The van der Waals surface area contributed by atoms with Crippen molar-refractivity contribution in [1.29, 1.82) is 0 Å². The molecule has 8 heteroatoms. The number of nitrogens with two attached hydrogens (primary N) is 1. The van der Waals surface area contributed by atoms with Gasteiger partial charge >= 0.3 is 0 Å². The standard InChI is InChI=1S/C12H16BrN3O3S/c13-8-1-6-20-9(8)7-15-11(17)12(10(14)16-18)2-4-19-5-3-12/h1,6,18H,2-5,7H2,(H2,14,16)(H,15,17). The van der Waals surface area contributed by atoms with Crippen LogP contribution in [0.5, 0.6) is 0 Å². The Labute approximate surface area is 129 Å². The van der Waals surface area contributed by atoms with Crippen molar-refractivity contribution in [2.45, 2.75) is 19.4 Å². The summed E-state index contributed by atoms with van der Waals surface area (Å²) in [6, 6.07) is 1.93. The van der Waals surface area contributed by atoms with Gasteiger partial charge < -0.3 is 21.0 Å². The van der Waals surface area contributed by atoms with Crippen molar-refractivity contribution in [2.24, 2.45) is 16.3 Å². The molecule has 1 saturated heterocycles. The summed E-state index contributed by atoms with van der Waals surface area (Å²) >= 11 is 4.97. The Morgan fingerprint density at radius 2 is 2.30 bits per heavy atom. The van der Waals surface area contributed by atoms with E-state index in [1.165, 1.54) is 0 Å². The van der Waals surface area contributed by atoms with Crippen molar-refractivity contribution >= 4 is 39.0 Å². The van der Waals surface area contributed by atoms with Gasteiger partial charge in [0.25, 0.3) is 0 Å². The van der Waals surface area contributed by atoms with Crippen LogP contribution in [0, 0.1) is 5.41 Å². The maximum atomic E-state index is 12.5. The van der Waals surface area contributed by atoms with Crippen LogP contribution in [0.15, 0.2) is 21.1 Å². The molecule has 110 valence electrons. The molecule has 0 aromatic carbocycles. The molecule has 1 aliphatic rings. The number of ether oxygens (including phenoxy) is 1. The predicted octanol–water partition coefficient (Wildman–Crippen LogP) is 1.67. The number of nitrogens with one attached hydrogen (secondary N) is 1. The van der Waals surface area contributed by atoms with Gasteiger partial charge in [0.15, 0.2) is 5.84 Å². The van der Waals surface area contributed by atoms with Crippen molar-refractivity contribution in [3.63, 3.8) is 0 Å². The van der Waals surface area contributed by atoms with E-state index >= 15 is 0 Å². The first-order valence-corrected chi connectivity index (χ1v) is 7.83. The first-order chi connectivity index (χ1) is 9.60. The van der Waals surface area contributed by atoms with Gasteiger partial charge in [0, 0.05) is 22.6 Å². The average Bonchev–Trinajstić information content (AvgIpc) is 2.89. The quantitative estimate of drug-likeness (QED) is 0.329. The third-order valence-corrected chi connectivity index (χ3v) is 5.41. The highest BCUT2D eigenvalue weighted by Gasteiger charge is 2.44. The monoisotopic (exact) mass is 361 g/mol. The van der Waals surface area contributed by atoms with Crippen LogP contribution in [-0.4, -0.2) is 30.2 Å². The van der Waals surface area contributed by atoms with Gasteiger partial charge in [-0.05, 0) is 40.2 Å². The molecule has 1 aromatic heterocycles. The van der Waals surface area contributed by atoms with E-state index in [-0.39, 0.29) is 11.7 Å². The van der Waals surface area contributed by atoms with E-state index in [4.69, 9.17) is 15.7 Å². The number of thiophene rings is 1. The first-order valence-electron chi connectivity index (χ1n) is 6.16. The van der Waals surface area contributed by atoms with Gasteiger partial charge in [0.05, 0.1) is 6.54 Å². The fourth-order valence-electron chi connectivity index (χ4n) is 2.20. The Balaban J connectivity index is 2.09. The minimum absolute atomic E-state index is 0.0523. The van der Waals surface area contributed by atoms with Crippen molar-refractivity contribution in [1.82, 2.24) is 5.32 Å². The topological polar surface area (TPSA) is 96.9 Å². The molecule has 0 radical (unpaired) electrons. The highest BCUT2D eigenvalue weighted by atomic mass is 79.9. The summed E-state index contributed by atoms with van der Waals surface area (Å²) in [6.45, 7) is 1.26. The molecule has 2 heterocycles. The normalized spacial score (nSPS) is 18.8. The Kier molecular flexibility index (Phi) is 5.00. The zero-order valence-electron chi connectivity index (χ0n) is 10.8. The van der Waals surface area contributed by atoms with Gasteiger partial charge in [0.2, 0.25) is 5.91 Å². The van der Waals surface area contributed by atoms with Gasteiger partial charge in [0.1, 0.15) is 5.41 Å². The number of amidine groups is 1. The summed E-state index contributed by atoms with van der Waals surface area (Å²) in [5, 5.41) is 16.8. The van der Waals surface area contributed by atoms with Crippen LogP contribution in [-0.2, 0) is 16.1 Å². The van der Waals surface area contributed by atoms with E-state index in [1.54, 1.807) is 11.3 Å². The zero-order chi connectivity index (χ0) is 14.6. The molecule has 20 heavy (non-hydrogen) atoms. The SMILES string of the molecule is N/C(=N/O)C1(C(=O)NCc2sccc2Br)CCOCC1. The number of rotatable bonds is 4. The Morgan fingerprint density at radius 3 is 2.85 bits per heavy atom. The second kappa shape index (κ2) is 6.55. The van der Waals surface area contributed by atoms with E-state index < -0.39 is 5.41 Å². The van der Waals surface area contributed by atoms with Crippen molar-refractivity contribution in [2.75, 3.05) is 13.2 Å². The van der Waals surface area contributed by atoms with Gasteiger partial charge in [-0.2, -0.15) is 0 Å². The maximum Gasteiger partial charge on any atom is 0.234 e. The lowest BCUT2D eigenvalue weighted by atomic mass is 9.78. The van der Waals surface area contributed by atoms with Crippen LogP contribution in [0.4, 0.5) is 0 Å². The molecule has 1 aromatic rings. The van der Waals surface area contributed by atoms with Crippen LogP contribution in [0.3, 0.4) is 0 Å². The molecule has 0 unspecified atom stereocenters. The highest BCUT2D eigenvalue weighted by Crippen LogP contribution is 2.31. The van der Waals surface area contributed by atoms with Gasteiger partial charge in [-0.3, -0.25) is 4.79 Å². The molecular weight excluding hydrogens is 346 g/mol. The maximum absolute atomic E-state index is 12.5. The summed E-state index contributed by atoms with van der Waals surface area (Å²) in [4.78, 5) is 13.5. The molecule has 0 atom stereocenters. The smallest absolute Gasteiger partial charge is 0.234 e. The molecule has 1 amide bonds. The van der Waals surface area contributed by atoms with Crippen LogP contribution in [0.25, 0.3) is 0 Å². The summed E-state index contributed by atoms with van der Waals surface area (Å²) in [7, 11) is 0. The number of halogens is 1. The molecular formula is C12H16BrN3O3S. The van der Waals surface area contributed by atoms with E-state index in [9.17, 15) is 4.79 Å². The second-order valence-corrected chi connectivity index (χ2v) is 6.41. The fraction of sp³-hybridized carbons (Fsp3) is 0.500. The zero-order valence-corrected chi connectivity index (χ0v) is 13.2. The largest absolute Gasteiger partial charge is 0.409 e. The number of hydrogen-bond acceptors (Lipinski definition) is 5. The molecule has 1 fully saturated rings. The minimum Gasteiger partial charge on any atom is -0.409 e. The number of hydrogen-bond donors (Lipinski definition) is 3. The number of carbonyl (C=O) groups excluding carboxylic acids is 1. The van der Waals surface area contributed by atoms with Crippen LogP contribution in [0.2, 0.25) is 0 Å². The Hall–Kier alpha value is -1.12. The molecule has 1 aliphatic heterocycles. The highest BCUT2D eigenvalue weighted by molar-refractivity contribution is 9.10. The van der Waals surface area contributed by atoms with E-state index in [0.717, 1.165) is 9.35 Å². The van der Waals surface area contributed by atoms with Crippen molar-refractivity contribution < 1.29 is 14.7 Å². The Bertz CT molecular complexity index is 512.